The summed E-state index contributed by atoms with van der Waals surface area (Å²) >= 11 is 7.03. The van der Waals surface area contributed by atoms with Crippen LogP contribution in [0.25, 0.3) is 21.6 Å². The topological polar surface area (TPSA) is 100 Å². The first-order valence-corrected chi connectivity index (χ1v) is 9.91. The summed E-state index contributed by atoms with van der Waals surface area (Å²) in [6, 6.07) is 7.02. The van der Waals surface area contributed by atoms with Gasteiger partial charge in [0.1, 0.15) is 16.3 Å². The van der Waals surface area contributed by atoms with Gasteiger partial charge in [0.2, 0.25) is 11.7 Å². The molecule has 4 rings (SSSR count). The molecular weight excluding hydrogens is 416 g/mol. The molecule has 0 radical (unpaired) electrons. The molecule has 0 aliphatic carbocycles. The van der Waals surface area contributed by atoms with E-state index in [0.717, 1.165) is 16.9 Å². The van der Waals surface area contributed by atoms with Gasteiger partial charge in [-0.05, 0) is 43.7 Å². The molecule has 0 saturated heterocycles. The SMILES string of the molecule is CCOC(=O)c1sc2ncn(Cc3nc(-c4ccc(Cl)cc4)no3)c(=O)c2c1C. The molecule has 4 aromatic rings. The fourth-order valence-electron chi connectivity index (χ4n) is 2.84. The summed E-state index contributed by atoms with van der Waals surface area (Å²) < 4.78 is 11.7. The Balaban J connectivity index is 1.66. The van der Waals surface area contributed by atoms with Gasteiger partial charge in [-0.15, -0.1) is 11.3 Å². The van der Waals surface area contributed by atoms with E-state index in [2.05, 4.69) is 15.1 Å². The lowest BCUT2D eigenvalue weighted by atomic mass is 10.2. The van der Waals surface area contributed by atoms with Crippen LogP contribution >= 0.6 is 22.9 Å². The minimum atomic E-state index is -0.455. The quantitative estimate of drug-likeness (QED) is 0.445. The molecular formula is C19H15ClN4O4S. The first kappa shape index (κ1) is 19.3. The second-order valence-corrected chi connectivity index (χ2v) is 7.59. The molecule has 1 aromatic carbocycles. The van der Waals surface area contributed by atoms with E-state index in [1.165, 1.54) is 10.9 Å². The van der Waals surface area contributed by atoms with Crippen molar-refractivity contribution in [1.82, 2.24) is 19.7 Å². The monoisotopic (exact) mass is 430 g/mol. The highest BCUT2D eigenvalue weighted by atomic mass is 35.5. The summed E-state index contributed by atoms with van der Waals surface area (Å²) in [7, 11) is 0. The Morgan fingerprint density at radius 3 is 2.79 bits per heavy atom. The van der Waals surface area contributed by atoms with Crippen molar-refractivity contribution in [3.8, 4) is 11.4 Å². The maximum Gasteiger partial charge on any atom is 0.348 e. The van der Waals surface area contributed by atoms with Gasteiger partial charge in [0.15, 0.2) is 0 Å². The molecule has 3 aromatic heterocycles. The van der Waals surface area contributed by atoms with Gasteiger partial charge in [0, 0.05) is 10.6 Å². The Labute approximate surface area is 173 Å². The number of thiophene rings is 1. The van der Waals surface area contributed by atoms with E-state index in [9.17, 15) is 9.59 Å². The normalized spacial score (nSPS) is 11.1. The van der Waals surface area contributed by atoms with E-state index in [-0.39, 0.29) is 24.6 Å². The molecule has 0 fully saturated rings. The number of ether oxygens (including phenoxy) is 1. The predicted octanol–water partition coefficient (Wildman–Crippen LogP) is 3.69. The standard InChI is InChI=1S/C19H15ClN4O4S/c1-3-27-19(26)15-10(2)14-17(29-15)21-9-24(18(14)25)8-13-22-16(23-28-13)11-4-6-12(20)7-5-11/h4-7,9H,3,8H2,1-2H3. The van der Waals surface area contributed by atoms with Crippen molar-refractivity contribution in [2.75, 3.05) is 6.61 Å². The van der Waals surface area contributed by atoms with E-state index in [0.29, 0.717) is 31.5 Å². The molecule has 0 atom stereocenters. The van der Waals surface area contributed by atoms with Crippen LogP contribution in [0.1, 0.15) is 28.0 Å². The first-order chi connectivity index (χ1) is 14.0. The van der Waals surface area contributed by atoms with Gasteiger partial charge in [-0.25, -0.2) is 9.78 Å². The fraction of sp³-hybridized carbons (Fsp3) is 0.211. The van der Waals surface area contributed by atoms with Crippen LogP contribution in [0.15, 0.2) is 39.9 Å². The largest absolute Gasteiger partial charge is 0.462 e. The van der Waals surface area contributed by atoms with Gasteiger partial charge < -0.3 is 9.26 Å². The fourth-order valence-corrected chi connectivity index (χ4v) is 4.00. The number of halogens is 1. The minimum absolute atomic E-state index is 0.0619. The highest BCUT2D eigenvalue weighted by molar-refractivity contribution is 7.20. The number of carbonyl (C=O) groups excluding carboxylic acids is 1. The lowest BCUT2D eigenvalue weighted by Crippen LogP contribution is -2.21. The molecule has 0 spiro atoms. The maximum absolute atomic E-state index is 12.9. The second-order valence-electron chi connectivity index (χ2n) is 6.15. The van der Waals surface area contributed by atoms with Crippen molar-refractivity contribution in [1.29, 1.82) is 0 Å². The van der Waals surface area contributed by atoms with Crippen LogP contribution in [0.3, 0.4) is 0 Å². The van der Waals surface area contributed by atoms with Crippen molar-refractivity contribution in [2.45, 2.75) is 20.4 Å². The van der Waals surface area contributed by atoms with Crippen LogP contribution in [0, 0.1) is 6.92 Å². The van der Waals surface area contributed by atoms with Crippen LogP contribution in [0.2, 0.25) is 5.02 Å². The van der Waals surface area contributed by atoms with Gasteiger partial charge in [0.25, 0.3) is 5.56 Å². The molecule has 29 heavy (non-hydrogen) atoms. The average Bonchev–Trinajstić information content (AvgIpc) is 3.30. The zero-order chi connectivity index (χ0) is 20.5. The van der Waals surface area contributed by atoms with E-state index in [4.69, 9.17) is 20.9 Å². The second kappa shape index (κ2) is 7.76. The lowest BCUT2D eigenvalue weighted by Gasteiger charge is -2.02. The van der Waals surface area contributed by atoms with E-state index in [1.54, 1.807) is 38.1 Å². The van der Waals surface area contributed by atoms with Gasteiger partial charge in [0.05, 0.1) is 18.3 Å². The lowest BCUT2D eigenvalue weighted by molar-refractivity contribution is 0.0531. The number of esters is 1. The molecule has 0 bridgehead atoms. The van der Waals surface area contributed by atoms with Crippen LogP contribution in [-0.4, -0.2) is 32.3 Å². The van der Waals surface area contributed by atoms with Gasteiger partial charge >= 0.3 is 5.97 Å². The Bertz CT molecular complexity index is 1260. The van der Waals surface area contributed by atoms with Crippen LogP contribution in [0.5, 0.6) is 0 Å². The molecule has 0 amide bonds. The molecule has 8 nitrogen and oxygen atoms in total. The van der Waals surface area contributed by atoms with E-state index in [1.807, 2.05) is 0 Å². The Morgan fingerprint density at radius 1 is 1.31 bits per heavy atom. The average molecular weight is 431 g/mol. The Hall–Kier alpha value is -3.04. The zero-order valence-electron chi connectivity index (χ0n) is 15.5. The highest BCUT2D eigenvalue weighted by Crippen LogP contribution is 2.27. The third-order valence-corrected chi connectivity index (χ3v) is 5.69. The summed E-state index contributed by atoms with van der Waals surface area (Å²) in [6.07, 6.45) is 1.40. The molecule has 148 valence electrons. The van der Waals surface area contributed by atoms with Crippen molar-refractivity contribution >= 4 is 39.1 Å². The third kappa shape index (κ3) is 3.66. The minimum Gasteiger partial charge on any atom is -0.462 e. The summed E-state index contributed by atoms with van der Waals surface area (Å²) in [5.41, 5.74) is 1.02. The van der Waals surface area contributed by atoms with Gasteiger partial charge in [-0.1, -0.05) is 16.8 Å². The Morgan fingerprint density at radius 2 is 2.07 bits per heavy atom. The number of aryl methyl sites for hydroxylation is 1. The number of rotatable bonds is 5. The number of benzene rings is 1. The zero-order valence-corrected chi connectivity index (χ0v) is 17.1. The van der Waals surface area contributed by atoms with Crippen LogP contribution in [0.4, 0.5) is 0 Å². The van der Waals surface area contributed by atoms with Crippen molar-refractivity contribution in [2.24, 2.45) is 0 Å². The van der Waals surface area contributed by atoms with Crippen molar-refractivity contribution in [3.05, 3.63) is 62.3 Å². The molecule has 0 saturated carbocycles. The molecule has 0 N–H and O–H groups in total. The number of nitrogens with zero attached hydrogens (tertiary/aromatic N) is 4. The van der Waals surface area contributed by atoms with Crippen molar-refractivity contribution < 1.29 is 14.1 Å². The molecule has 0 unspecified atom stereocenters. The predicted molar refractivity (Wildman–Crippen MR) is 108 cm³/mol. The van der Waals surface area contributed by atoms with E-state index < -0.39 is 5.97 Å². The summed E-state index contributed by atoms with van der Waals surface area (Å²) in [6.45, 7) is 3.77. The Kier molecular flexibility index (Phi) is 5.16. The summed E-state index contributed by atoms with van der Waals surface area (Å²) in [5.74, 6) is 0.204. The number of carbonyl (C=O) groups is 1. The molecule has 10 heteroatoms. The number of aromatic nitrogens is 4. The third-order valence-electron chi connectivity index (χ3n) is 4.25. The maximum atomic E-state index is 12.9. The first-order valence-electron chi connectivity index (χ1n) is 8.72. The van der Waals surface area contributed by atoms with Gasteiger partial charge in [-0.3, -0.25) is 9.36 Å². The number of hydrogen-bond acceptors (Lipinski definition) is 8. The van der Waals surface area contributed by atoms with Crippen LogP contribution in [-0.2, 0) is 11.3 Å². The molecule has 3 heterocycles. The van der Waals surface area contributed by atoms with Gasteiger partial charge in [-0.2, -0.15) is 4.98 Å². The highest BCUT2D eigenvalue weighted by Gasteiger charge is 2.21. The summed E-state index contributed by atoms with van der Waals surface area (Å²) in [4.78, 5) is 34.5. The van der Waals surface area contributed by atoms with Crippen LogP contribution < -0.4 is 5.56 Å². The smallest absolute Gasteiger partial charge is 0.348 e. The van der Waals surface area contributed by atoms with E-state index >= 15 is 0 Å². The number of hydrogen-bond donors (Lipinski definition) is 0. The van der Waals surface area contributed by atoms with Crippen molar-refractivity contribution in [3.63, 3.8) is 0 Å². The number of fused-ring (bicyclic) bond motifs is 1. The summed E-state index contributed by atoms with van der Waals surface area (Å²) in [5, 5.41) is 4.94. The molecule has 0 aliphatic rings. The molecule has 0 aliphatic heterocycles.